The second-order valence-electron chi connectivity index (χ2n) is 4.90. The van der Waals surface area contributed by atoms with Crippen LogP contribution in [0.25, 0.3) is 0 Å². The van der Waals surface area contributed by atoms with Crippen molar-refractivity contribution >= 4 is 22.4 Å². The van der Waals surface area contributed by atoms with Crippen LogP contribution >= 0.6 is 0 Å². The third kappa shape index (κ3) is 4.54. The van der Waals surface area contributed by atoms with Crippen LogP contribution in [0.1, 0.15) is 16.7 Å². The van der Waals surface area contributed by atoms with Gasteiger partial charge in [0.25, 0.3) is 0 Å². The molecule has 0 radical (unpaired) electrons. The Morgan fingerprint density at radius 3 is 2.73 bits per heavy atom. The minimum Gasteiger partial charge on any atom is -0.325 e. The fraction of sp³-hybridized carbons (Fsp3) is 0.176. The summed E-state index contributed by atoms with van der Waals surface area (Å²) in [6.45, 7) is 1.96. The quantitative estimate of drug-likeness (QED) is 0.923. The van der Waals surface area contributed by atoms with E-state index in [1.165, 1.54) is 0 Å². The van der Waals surface area contributed by atoms with E-state index >= 15 is 0 Å². The van der Waals surface area contributed by atoms with Crippen molar-refractivity contribution in [1.29, 1.82) is 5.26 Å². The number of aryl methyl sites for hydroxylation is 1. The van der Waals surface area contributed by atoms with Crippen LogP contribution < -0.4 is 5.32 Å². The summed E-state index contributed by atoms with van der Waals surface area (Å²) in [4.78, 5) is 11.9. The van der Waals surface area contributed by atoms with Crippen LogP contribution in [0, 0.1) is 18.3 Å². The van der Waals surface area contributed by atoms with Gasteiger partial charge < -0.3 is 5.32 Å². The average Bonchev–Trinajstić information content (AvgIpc) is 2.49. The van der Waals surface area contributed by atoms with Gasteiger partial charge in [-0.05, 0) is 36.2 Å². The highest BCUT2D eigenvalue weighted by Crippen LogP contribution is 2.12. The van der Waals surface area contributed by atoms with E-state index in [4.69, 9.17) is 5.26 Å². The molecule has 112 valence electrons. The van der Waals surface area contributed by atoms with Crippen molar-refractivity contribution in [3.05, 3.63) is 65.2 Å². The first-order valence-corrected chi connectivity index (χ1v) is 8.27. The predicted octanol–water partition coefficient (Wildman–Crippen LogP) is 2.75. The standard InChI is InChI=1S/C17H16N2O2S/c1-13-5-2-3-7-15(13)11-22(21)12-17(20)19-16-8-4-6-14(9-16)10-18/h2-9H,11-12H2,1H3,(H,19,20). The van der Waals surface area contributed by atoms with Crippen LogP contribution in [-0.4, -0.2) is 15.9 Å². The van der Waals surface area contributed by atoms with Crippen LogP contribution in [0.4, 0.5) is 5.69 Å². The van der Waals surface area contributed by atoms with Gasteiger partial charge >= 0.3 is 0 Å². The van der Waals surface area contributed by atoms with Gasteiger partial charge in [0.05, 0.1) is 11.6 Å². The first-order valence-electron chi connectivity index (χ1n) is 6.78. The Bertz CT molecular complexity index is 750. The Morgan fingerprint density at radius 1 is 1.23 bits per heavy atom. The van der Waals surface area contributed by atoms with E-state index in [-0.39, 0.29) is 11.7 Å². The predicted molar refractivity (Wildman–Crippen MR) is 87.7 cm³/mol. The van der Waals surface area contributed by atoms with Crippen molar-refractivity contribution in [3.8, 4) is 6.07 Å². The molecule has 4 nitrogen and oxygen atoms in total. The molecule has 5 heteroatoms. The molecule has 0 bridgehead atoms. The molecule has 0 aromatic heterocycles. The van der Waals surface area contributed by atoms with Crippen molar-refractivity contribution < 1.29 is 9.00 Å². The molecular weight excluding hydrogens is 296 g/mol. The van der Waals surface area contributed by atoms with Crippen LogP contribution in [0.2, 0.25) is 0 Å². The van der Waals surface area contributed by atoms with Crippen molar-refractivity contribution in [1.82, 2.24) is 0 Å². The van der Waals surface area contributed by atoms with Crippen molar-refractivity contribution in [2.45, 2.75) is 12.7 Å². The number of nitrogens with zero attached hydrogens (tertiary/aromatic N) is 1. The number of hydrogen-bond donors (Lipinski definition) is 1. The fourth-order valence-corrected chi connectivity index (χ4v) is 3.14. The van der Waals surface area contributed by atoms with Crippen LogP contribution in [-0.2, 0) is 21.3 Å². The van der Waals surface area contributed by atoms with Crippen molar-refractivity contribution in [2.75, 3.05) is 11.1 Å². The van der Waals surface area contributed by atoms with Gasteiger partial charge in [-0.2, -0.15) is 5.26 Å². The topological polar surface area (TPSA) is 70.0 Å². The highest BCUT2D eigenvalue weighted by atomic mass is 32.2. The smallest absolute Gasteiger partial charge is 0.237 e. The third-order valence-electron chi connectivity index (χ3n) is 3.15. The van der Waals surface area contributed by atoms with Crippen LogP contribution in [0.15, 0.2) is 48.5 Å². The minimum atomic E-state index is -1.27. The molecule has 0 aliphatic heterocycles. The summed E-state index contributed by atoms with van der Waals surface area (Å²) in [5.41, 5.74) is 3.06. The van der Waals surface area contributed by atoms with E-state index in [2.05, 4.69) is 5.32 Å². The lowest BCUT2D eigenvalue weighted by Crippen LogP contribution is -2.20. The Balaban J connectivity index is 1.93. The molecule has 2 aromatic carbocycles. The Kier molecular flexibility index (Phi) is 5.45. The molecule has 22 heavy (non-hydrogen) atoms. The molecule has 1 unspecified atom stereocenters. The molecule has 0 saturated carbocycles. The van der Waals surface area contributed by atoms with Gasteiger partial charge in [-0.25, -0.2) is 0 Å². The molecule has 1 amide bonds. The lowest BCUT2D eigenvalue weighted by atomic mass is 10.1. The molecule has 0 heterocycles. The Morgan fingerprint density at radius 2 is 2.00 bits per heavy atom. The second-order valence-corrected chi connectivity index (χ2v) is 6.35. The van der Waals surface area contributed by atoms with E-state index in [0.29, 0.717) is 17.0 Å². The number of anilines is 1. The number of amides is 1. The maximum Gasteiger partial charge on any atom is 0.237 e. The average molecular weight is 312 g/mol. The molecule has 0 spiro atoms. The zero-order valence-electron chi connectivity index (χ0n) is 12.2. The number of carbonyl (C=O) groups excluding carboxylic acids is 1. The second kappa shape index (κ2) is 7.53. The number of benzene rings is 2. The lowest BCUT2D eigenvalue weighted by Gasteiger charge is -2.07. The van der Waals surface area contributed by atoms with E-state index in [0.717, 1.165) is 11.1 Å². The summed E-state index contributed by atoms with van der Waals surface area (Å²) in [7, 11) is -1.27. The maximum absolute atomic E-state index is 12.1. The fourth-order valence-electron chi connectivity index (χ4n) is 2.01. The Hall–Kier alpha value is -2.45. The van der Waals surface area contributed by atoms with Gasteiger partial charge in [0, 0.05) is 22.2 Å². The summed E-state index contributed by atoms with van der Waals surface area (Å²) in [5.74, 6) is -0.0225. The van der Waals surface area contributed by atoms with E-state index in [1.54, 1.807) is 24.3 Å². The summed E-state index contributed by atoms with van der Waals surface area (Å²) < 4.78 is 12.1. The molecule has 0 fully saturated rings. The van der Waals surface area contributed by atoms with Gasteiger partial charge in [-0.3, -0.25) is 9.00 Å². The molecule has 0 saturated heterocycles. The molecule has 1 N–H and O–H groups in total. The molecule has 2 aromatic rings. The summed E-state index contributed by atoms with van der Waals surface area (Å²) in [6, 6.07) is 16.3. The zero-order chi connectivity index (χ0) is 15.9. The summed E-state index contributed by atoms with van der Waals surface area (Å²) >= 11 is 0. The normalized spacial score (nSPS) is 11.5. The molecule has 2 rings (SSSR count). The van der Waals surface area contributed by atoms with Gasteiger partial charge in [0.2, 0.25) is 5.91 Å². The first-order chi connectivity index (χ1) is 10.6. The van der Waals surface area contributed by atoms with Gasteiger partial charge in [0.15, 0.2) is 0 Å². The lowest BCUT2D eigenvalue weighted by molar-refractivity contribution is -0.113. The van der Waals surface area contributed by atoms with E-state index in [9.17, 15) is 9.00 Å². The van der Waals surface area contributed by atoms with Crippen LogP contribution in [0.5, 0.6) is 0 Å². The monoisotopic (exact) mass is 312 g/mol. The Labute approximate surface area is 132 Å². The largest absolute Gasteiger partial charge is 0.325 e. The van der Waals surface area contributed by atoms with Crippen molar-refractivity contribution in [2.24, 2.45) is 0 Å². The summed E-state index contributed by atoms with van der Waals surface area (Å²) in [5, 5.41) is 11.5. The van der Waals surface area contributed by atoms with Gasteiger partial charge in [-0.15, -0.1) is 0 Å². The van der Waals surface area contributed by atoms with Gasteiger partial charge in [-0.1, -0.05) is 30.3 Å². The molecule has 0 aliphatic carbocycles. The number of hydrogen-bond acceptors (Lipinski definition) is 3. The maximum atomic E-state index is 12.1. The number of carbonyl (C=O) groups is 1. The molecular formula is C17H16N2O2S. The summed E-state index contributed by atoms with van der Waals surface area (Å²) in [6.07, 6.45) is 0. The van der Waals surface area contributed by atoms with Gasteiger partial charge in [0.1, 0.15) is 5.75 Å². The molecule has 1 atom stereocenters. The minimum absolute atomic E-state index is 0.0644. The number of nitriles is 1. The van der Waals surface area contributed by atoms with Crippen molar-refractivity contribution in [3.63, 3.8) is 0 Å². The first kappa shape index (κ1) is 15.9. The molecule has 0 aliphatic rings. The van der Waals surface area contributed by atoms with E-state index in [1.807, 2.05) is 37.3 Å². The van der Waals surface area contributed by atoms with Crippen LogP contribution in [0.3, 0.4) is 0 Å². The highest BCUT2D eigenvalue weighted by molar-refractivity contribution is 7.84. The highest BCUT2D eigenvalue weighted by Gasteiger charge is 2.10. The number of nitrogens with one attached hydrogen (secondary N) is 1. The zero-order valence-corrected chi connectivity index (χ0v) is 13.0. The van der Waals surface area contributed by atoms with E-state index < -0.39 is 10.8 Å². The third-order valence-corrected chi connectivity index (χ3v) is 4.36. The number of rotatable bonds is 5. The SMILES string of the molecule is Cc1ccccc1CS(=O)CC(=O)Nc1cccc(C#N)c1.